The zero-order valence-electron chi connectivity index (χ0n) is 14.8. The van der Waals surface area contributed by atoms with Gasteiger partial charge in [-0.15, -0.1) is 11.8 Å². The molecular formula is C20H21NO4S. The van der Waals surface area contributed by atoms with E-state index >= 15 is 0 Å². The number of esters is 1. The maximum atomic E-state index is 13.3. The van der Waals surface area contributed by atoms with E-state index in [1.54, 1.807) is 30.7 Å². The Hall–Kier alpha value is -2.47. The first kappa shape index (κ1) is 18.3. The number of thioether (sulfide) groups is 1. The van der Waals surface area contributed by atoms with Crippen LogP contribution in [0.15, 0.2) is 53.4 Å². The van der Waals surface area contributed by atoms with E-state index in [0.29, 0.717) is 12.4 Å². The van der Waals surface area contributed by atoms with Gasteiger partial charge in [-0.3, -0.25) is 14.5 Å². The summed E-state index contributed by atoms with van der Waals surface area (Å²) in [4.78, 5) is 27.9. The lowest BCUT2D eigenvalue weighted by atomic mass is 9.99. The second kappa shape index (κ2) is 8.27. The molecular weight excluding hydrogens is 350 g/mol. The van der Waals surface area contributed by atoms with Gasteiger partial charge < -0.3 is 9.47 Å². The van der Waals surface area contributed by atoms with Crippen molar-refractivity contribution in [3.8, 4) is 5.75 Å². The molecule has 0 radical (unpaired) electrons. The van der Waals surface area contributed by atoms with Crippen LogP contribution < -0.4 is 9.64 Å². The zero-order chi connectivity index (χ0) is 18.5. The lowest BCUT2D eigenvalue weighted by Gasteiger charge is -2.24. The van der Waals surface area contributed by atoms with Crippen molar-refractivity contribution < 1.29 is 19.1 Å². The molecule has 0 N–H and O–H groups in total. The molecule has 3 rings (SSSR count). The SMILES string of the molecule is CCOC(=O)CN1C(=O)C(c2ccc(OC)cc2)CSc2ccccc21. The summed E-state index contributed by atoms with van der Waals surface area (Å²) in [5.74, 6) is 0.514. The van der Waals surface area contributed by atoms with E-state index in [2.05, 4.69) is 0 Å². The van der Waals surface area contributed by atoms with Crippen molar-refractivity contribution in [2.75, 3.05) is 30.9 Å². The second-order valence-electron chi connectivity index (χ2n) is 5.83. The maximum absolute atomic E-state index is 13.3. The van der Waals surface area contributed by atoms with E-state index in [-0.39, 0.29) is 18.4 Å². The molecule has 1 heterocycles. The third kappa shape index (κ3) is 3.85. The first-order valence-corrected chi connectivity index (χ1v) is 9.45. The van der Waals surface area contributed by atoms with Crippen LogP contribution in [0, 0.1) is 0 Å². The molecule has 1 atom stereocenters. The van der Waals surface area contributed by atoms with Crippen LogP contribution in [0.1, 0.15) is 18.4 Å². The van der Waals surface area contributed by atoms with E-state index in [1.807, 2.05) is 48.5 Å². The molecule has 0 saturated heterocycles. The molecule has 5 nitrogen and oxygen atoms in total. The van der Waals surface area contributed by atoms with E-state index in [1.165, 1.54) is 0 Å². The fraction of sp³-hybridized carbons (Fsp3) is 0.300. The van der Waals surface area contributed by atoms with Gasteiger partial charge in [0.1, 0.15) is 12.3 Å². The summed E-state index contributed by atoms with van der Waals surface area (Å²) < 4.78 is 10.3. The number of amides is 1. The van der Waals surface area contributed by atoms with Crippen LogP contribution in [0.4, 0.5) is 5.69 Å². The third-order valence-corrected chi connectivity index (χ3v) is 5.39. The highest BCUT2D eigenvalue weighted by Crippen LogP contribution is 2.39. The Morgan fingerprint density at radius 3 is 2.62 bits per heavy atom. The molecule has 136 valence electrons. The third-order valence-electron chi connectivity index (χ3n) is 4.24. The number of ether oxygens (including phenoxy) is 2. The van der Waals surface area contributed by atoms with E-state index < -0.39 is 5.97 Å². The zero-order valence-corrected chi connectivity index (χ0v) is 15.6. The van der Waals surface area contributed by atoms with E-state index in [0.717, 1.165) is 21.9 Å². The average Bonchev–Trinajstić information content (AvgIpc) is 2.80. The molecule has 1 aliphatic heterocycles. The molecule has 0 fully saturated rings. The molecule has 0 aliphatic carbocycles. The standard InChI is InChI=1S/C20H21NO4S/c1-3-25-19(22)12-21-17-6-4-5-7-18(17)26-13-16(20(21)23)14-8-10-15(24-2)11-9-14/h4-11,16H,3,12-13H2,1-2H3. The number of hydrogen-bond donors (Lipinski definition) is 0. The summed E-state index contributed by atoms with van der Waals surface area (Å²) in [6.45, 7) is 1.96. The van der Waals surface area contributed by atoms with Crippen molar-refractivity contribution in [2.24, 2.45) is 0 Å². The minimum atomic E-state index is -0.406. The maximum Gasteiger partial charge on any atom is 0.326 e. The molecule has 2 aromatic carbocycles. The number of hydrogen-bond acceptors (Lipinski definition) is 5. The van der Waals surface area contributed by atoms with Gasteiger partial charge in [0.2, 0.25) is 5.91 Å². The Morgan fingerprint density at radius 2 is 1.92 bits per heavy atom. The topological polar surface area (TPSA) is 55.8 Å². The van der Waals surface area contributed by atoms with Crippen LogP contribution in [0.5, 0.6) is 5.75 Å². The van der Waals surface area contributed by atoms with Crippen LogP contribution in [0.3, 0.4) is 0 Å². The Balaban J connectivity index is 1.94. The fourth-order valence-electron chi connectivity index (χ4n) is 2.93. The van der Waals surface area contributed by atoms with E-state index in [9.17, 15) is 9.59 Å². The summed E-state index contributed by atoms with van der Waals surface area (Å²) in [6, 6.07) is 15.2. The average molecular weight is 371 g/mol. The van der Waals surface area contributed by atoms with Crippen molar-refractivity contribution >= 4 is 29.3 Å². The fourth-order valence-corrected chi connectivity index (χ4v) is 4.11. The van der Waals surface area contributed by atoms with Crippen molar-refractivity contribution in [3.63, 3.8) is 0 Å². The van der Waals surface area contributed by atoms with E-state index in [4.69, 9.17) is 9.47 Å². The normalized spacial score (nSPS) is 16.6. The molecule has 6 heteroatoms. The Bertz CT molecular complexity index is 791. The Labute approximate surface area is 157 Å². The number of fused-ring (bicyclic) bond motifs is 1. The van der Waals surface area contributed by atoms with Gasteiger partial charge in [0.05, 0.1) is 25.3 Å². The van der Waals surface area contributed by atoms with Crippen LogP contribution in [0.25, 0.3) is 0 Å². The molecule has 0 saturated carbocycles. The lowest BCUT2D eigenvalue weighted by Crippen LogP contribution is -2.39. The quantitative estimate of drug-likeness (QED) is 0.753. The monoisotopic (exact) mass is 371 g/mol. The molecule has 0 aromatic heterocycles. The number of benzene rings is 2. The van der Waals surface area contributed by atoms with Crippen LogP contribution >= 0.6 is 11.8 Å². The number of carbonyl (C=O) groups excluding carboxylic acids is 2. The number of rotatable bonds is 5. The predicted molar refractivity (Wildman–Crippen MR) is 102 cm³/mol. The van der Waals surface area contributed by atoms with Gasteiger partial charge in [-0.2, -0.15) is 0 Å². The summed E-state index contributed by atoms with van der Waals surface area (Å²) in [6.07, 6.45) is 0. The highest BCUT2D eigenvalue weighted by atomic mass is 32.2. The number of methoxy groups -OCH3 is 1. The van der Waals surface area contributed by atoms with Crippen molar-refractivity contribution in [1.29, 1.82) is 0 Å². The minimum absolute atomic E-state index is 0.0864. The number of carbonyl (C=O) groups is 2. The summed E-state index contributed by atoms with van der Waals surface area (Å²) >= 11 is 1.62. The van der Waals surface area contributed by atoms with Gasteiger partial charge in [-0.05, 0) is 36.8 Å². The smallest absolute Gasteiger partial charge is 0.326 e. The van der Waals surface area contributed by atoms with Crippen molar-refractivity contribution in [3.05, 3.63) is 54.1 Å². The van der Waals surface area contributed by atoms with Crippen LogP contribution in [0.2, 0.25) is 0 Å². The molecule has 1 aliphatic rings. The second-order valence-corrected chi connectivity index (χ2v) is 6.90. The summed E-state index contributed by atoms with van der Waals surface area (Å²) in [5.41, 5.74) is 1.66. The number of nitrogens with zero attached hydrogens (tertiary/aromatic N) is 1. The van der Waals surface area contributed by atoms with Gasteiger partial charge in [-0.25, -0.2) is 0 Å². The van der Waals surface area contributed by atoms with Gasteiger partial charge in [-0.1, -0.05) is 24.3 Å². The molecule has 0 bridgehead atoms. The van der Waals surface area contributed by atoms with Crippen LogP contribution in [-0.4, -0.2) is 37.9 Å². The summed E-state index contributed by atoms with van der Waals surface area (Å²) in [5, 5.41) is 0. The summed E-state index contributed by atoms with van der Waals surface area (Å²) in [7, 11) is 1.61. The first-order valence-electron chi connectivity index (χ1n) is 8.46. The number of anilines is 1. The van der Waals surface area contributed by atoms with Crippen molar-refractivity contribution in [2.45, 2.75) is 17.7 Å². The van der Waals surface area contributed by atoms with Gasteiger partial charge in [0.25, 0.3) is 0 Å². The van der Waals surface area contributed by atoms with Crippen molar-refractivity contribution in [1.82, 2.24) is 0 Å². The highest BCUT2D eigenvalue weighted by molar-refractivity contribution is 7.99. The lowest BCUT2D eigenvalue weighted by molar-refractivity contribution is -0.142. The largest absolute Gasteiger partial charge is 0.497 e. The molecule has 1 unspecified atom stereocenters. The molecule has 2 aromatic rings. The Morgan fingerprint density at radius 1 is 1.19 bits per heavy atom. The molecule has 26 heavy (non-hydrogen) atoms. The highest BCUT2D eigenvalue weighted by Gasteiger charge is 2.33. The van der Waals surface area contributed by atoms with Gasteiger partial charge in [0.15, 0.2) is 0 Å². The van der Waals surface area contributed by atoms with Crippen LogP contribution in [-0.2, 0) is 14.3 Å². The first-order chi connectivity index (χ1) is 12.6. The predicted octanol–water partition coefficient (Wildman–Crippen LogP) is 3.48. The molecule has 1 amide bonds. The molecule has 0 spiro atoms. The minimum Gasteiger partial charge on any atom is -0.497 e. The number of para-hydroxylation sites is 1. The van der Waals surface area contributed by atoms with Gasteiger partial charge in [0, 0.05) is 10.6 Å². The Kier molecular flexibility index (Phi) is 5.83. The van der Waals surface area contributed by atoms with Gasteiger partial charge >= 0.3 is 5.97 Å².